The molecule has 64 heavy (non-hydrogen) atoms. The lowest BCUT2D eigenvalue weighted by atomic mass is 9.98. The zero-order chi connectivity index (χ0) is 46.6. The number of ether oxygens (including phenoxy) is 6. The highest BCUT2D eigenvalue weighted by Gasteiger charge is 2.47. The summed E-state index contributed by atoms with van der Waals surface area (Å²) >= 11 is 0. The average molecular weight is 911 g/mol. The van der Waals surface area contributed by atoms with Crippen molar-refractivity contribution >= 4 is 5.97 Å². The molecule has 2 heterocycles. The fraction of sp³-hybridized carbons (Fsp3) is 0.780. The molecule has 2 saturated heterocycles. The Kier molecular flexibility index (Phi) is 34.1. The lowest BCUT2D eigenvalue weighted by Crippen LogP contribution is -2.61. The molecule has 7 N–H and O–H groups in total. The molecule has 2 aliphatic rings. The fourth-order valence-electron chi connectivity index (χ4n) is 7.27. The minimum atomic E-state index is -1.72. The fourth-order valence-corrected chi connectivity index (χ4v) is 7.27. The second-order valence-electron chi connectivity index (χ2n) is 16.9. The monoisotopic (exact) mass is 911 g/mol. The number of esters is 1. The second kappa shape index (κ2) is 37.7. The van der Waals surface area contributed by atoms with Crippen LogP contribution in [0.25, 0.3) is 0 Å². The molecule has 0 aromatic rings. The second-order valence-corrected chi connectivity index (χ2v) is 16.9. The summed E-state index contributed by atoms with van der Waals surface area (Å²) in [6.45, 7) is 3.45. The molecule has 0 saturated carbocycles. The van der Waals surface area contributed by atoms with Crippen LogP contribution in [0.3, 0.4) is 0 Å². The van der Waals surface area contributed by atoms with Crippen molar-refractivity contribution < 1.29 is 69.0 Å². The normalized spacial score (nSPS) is 27.3. The lowest BCUT2D eigenvalue weighted by Gasteiger charge is -2.42. The van der Waals surface area contributed by atoms with Crippen LogP contribution in [0.15, 0.2) is 60.8 Å². The van der Waals surface area contributed by atoms with E-state index in [-0.39, 0.29) is 19.6 Å². The first-order valence-corrected chi connectivity index (χ1v) is 24.4. The Bertz CT molecular complexity index is 1290. The lowest BCUT2D eigenvalue weighted by molar-refractivity contribution is -0.332. The van der Waals surface area contributed by atoms with Crippen molar-refractivity contribution in [1.82, 2.24) is 0 Å². The highest BCUT2D eigenvalue weighted by Crippen LogP contribution is 2.26. The number of carbonyl (C=O) groups excluding carboxylic acids is 1. The van der Waals surface area contributed by atoms with E-state index in [4.69, 9.17) is 28.4 Å². The number of aliphatic hydroxyl groups is 7. The van der Waals surface area contributed by atoms with Crippen LogP contribution in [0.2, 0.25) is 0 Å². The molecule has 11 atom stereocenters. The Morgan fingerprint density at radius 2 is 1.02 bits per heavy atom. The molecule has 14 nitrogen and oxygen atoms in total. The van der Waals surface area contributed by atoms with Gasteiger partial charge in [-0.15, -0.1) is 0 Å². The van der Waals surface area contributed by atoms with E-state index in [0.717, 1.165) is 89.9 Å². The Balaban J connectivity index is 1.82. The molecule has 0 spiro atoms. The molecule has 0 radical (unpaired) electrons. The molecule has 0 aromatic carbocycles. The molecule has 11 unspecified atom stereocenters. The highest BCUT2D eigenvalue weighted by molar-refractivity contribution is 5.69. The Labute approximate surface area is 384 Å². The van der Waals surface area contributed by atoms with E-state index >= 15 is 0 Å². The first-order chi connectivity index (χ1) is 31.1. The number of hydrogen-bond donors (Lipinski definition) is 7. The molecule has 370 valence electrons. The number of hydrogen-bond acceptors (Lipinski definition) is 14. The third-order valence-electron chi connectivity index (χ3n) is 11.3. The first kappa shape index (κ1) is 57.8. The minimum Gasteiger partial charge on any atom is -0.457 e. The maximum atomic E-state index is 13.0. The predicted molar refractivity (Wildman–Crippen MR) is 247 cm³/mol. The Morgan fingerprint density at radius 1 is 0.531 bits per heavy atom. The van der Waals surface area contributed by atoms with Crippen LogP contribution in [-0.4, -0.2) is 142 Å². The third kappa shape index (κ3) is 25.6. The van der Waals surface area contributed by atoms with Crippen molar-refractivity contribution in [2.75, 3.05) is 33.0 Å². The van der Waals surface area contributed by atoms with Gasteiger partial charge < -0.3 is 64.2 Å². The highest BCUT2D eigenvalue weighted by atomic mass is 16.7. The predicted octanol–water partition coefficient (Wildman–Crippen LogP) is 6.57. The summed E-state index contributed by atoms with van der Waals surface area (Å²) in [4.78, 5) is 13.0. The molecule has 0 amide bonds. The quantitative estimate of drug-likeness (QED) is 0.0200. The third-order valence-corrected chi connectivity index (χ3v) is 11.3. The molecule has 2 aliphatic heterocycles. The van der Waals surface area contributed by atoms with Crippen LogP contribution in [0, 0.1) is 0 Å². The molecule has 0 aliphatic carbocycles. The van der Waals surface area contributed by atoms with Gasteiger partial charge in [0.15, 0.2) is 12.6 Å². The van der Waals surface area contributed by atoms with E-state index in [1.807, 2.05) is 0 Å². The van der Waals surface area contributed by atoms with Crippen molar-refractivity contribution in [3.8, 4) is 0 Å². The Morgan fingerprint density at radius 3 is 1.61 bits per heavy atom. The number of allylic oxidation sites excluding steroid dienone is 10. The SMILES string of the molecule is CC/C=C\C/C=C\C/C=C\C/C=C\CCCCCOCC(COC1OC(COC2OC(CO)C(O)C(O)C2O)C(O)C(O)C1O)OC(=O)CCCCCCC/C=C\CCCCCCC. The number of carbonyl (C=O) groups is 1. The molecule has 14 heteroatoms. The van der Waals surface area contributed by atoms with Gasteiger partial charge in [-0.05, 0) is 77.0 Å². The van der Waals surface area contributed by atoms with E-state index in [0.29, 0.717) is 13.0 Å². The average Bonchev–Trinajstić information content (AvgIpc) is 3.29. The molecular formula is C50H86O14. The van der Waals surface area contributed by atoms with Gasteiger partial charge in [0, 0.05) is 13.0 Å². The van der Waals surface area contributed by atoms with Crippen LogP contribution in [-0.2, 0) is 33.2 Å². The van der Waals surface area contributed by atoms with Crippen molar-refractivity contribution in [1.29, 1.82) is 0 Å². The van der Waals surface area contributed by atoms with Crippen LogP contribution in [0.5, 0.6) is 0 Å². The summed E-state index contributed by atoms with van der Waals surface area (Å²) in [6, 6.07) is 0. The van der Waals surface area contributed by atoms with Crippen LogP contribution >= 0.6 is 0 Å². The van der Waals surface area contributed by atoms with Crippen molar-refractivity contribution in [2.24, 2.45) is 0 Å². The van der Waals surface area contributed by atoms with E-state index in [1.54, 1.807) is 0 Å². The minimum absolute atomic E-state index is 0.0342. The van der Waals surface area contributed by atoms with Gasteiger partial charge in [-0.3, -0.25) is 4.79 Å². The first-order valence-electron chi connectivity index (χ1n) is 24.4. The van der Waals surface area contributed by atoms with Gasteiger partial charge >= 0.3 is 5.97 Å². The van der Waals surface area contributed by atoms with Gasteiger partial charge in [0.05, 0.1) is 26.4 Å². The summed E-state index contributed by atoms with van der Waals surface area (Å²) in [5.74, 6) is -0.400. The topological polar surface area (TPSA) is 214 Å². The maximum absolute atomic E-state index is 13.0. The number of unbranched alkanes of at least 4 members (excludes halogenated alkanes) is 13. The van der Waals surface area contributed by atoms with Crippen LogP contribution in [0.4, 0.5) is 0 Å². The number of rotatable bonds is 37. The van der Waals surface area contributed by atoms with E-state index < -0.39 is 86.7 Å². The zero-order valence-electron chi connectivity index (χ0n) is 39.0. The van der Waals surface area contributed by atoms with Gasteiger partial charge in [0.25, 0.3) is 0 Å². The largest absolute Gasteiger partial charge is 0.457 e. The Hall–Kier alpha value is -2.31. The summed E-state index contributed by atoms with van der Waals surface area (Å²) in [6.07, 6.45) is 27.1. The molecule has 0 bridgehead atoms. The molecule has 0 aromatic heterocycles. The summed E-state index contributed by atoms with van der Waals surface area (Å²) in [7, 11) is 0. The van der Waals surface area contributed by atoms with Gasteiger partial charge in [-0.1, -0.05) is 126 Å². The van der Waals surface area contributed by atoms with E-state index in [1.165, 1.54) is 32.1 Å². The van der Waals surface area contributed by atoms with Crippen molar-refractivity contribution in [3.63, 3.8) is 0 Å². The summed E-state index contributed by atoms with van der Waals surface area (Å²) in [5, 5.41) is 72.0. The van der Waals surface area contributed by atoms with E-state index in [9.17, 15) is 40.5 Å². The van der Waals surface area contributed by atoms with Gasteiger partial charge in [-0.25, -0.2) is 0 Å². The van der Waals surface area contributed by atoms with E-state index in [2.05, 4.69) is 74.6 Å². The van der Waals surface area contributed by atoms with Gasteiger partial charge in [0.1, 0.15) is 54.9 Å². The smallest absolute Gasteiger partial charge is 0.306 e. The maximum Gasteiger partial charge on any atom is 0.306 e. The number of aliphatic hydroxyl groups excluding tert-OH is 7. The van der Waals surface area contributed by atoms with Crippen LogP contribution in [0.1, 0.15) is 149 Å². The van der Waals surface area contributed by atoms with Crippen LogP contribution < -0.4 is 0 Å². The van der Waals surface area contributed by atoms with Gasteiger partial charge in [-0.2, -0.15) is 0 Å². The molecule has 2 fully saturated rings. The molecule has 2 rings (SSSR count). The summed E-state index contributed by atoms with van der Waals surface area (Å²) < 4.78 is 34.2. The van der Waals surface area contributed by atoms with Gasteiger partial charge in [0.2, 0.25) is 0 Å². The van der Waals surface area contributed by atoms with Crippen molar-refractivity contribution in [2.45, 2.75) is 216 Å². The molecular weight excluding hydrogens is 825 g/mol. The zero-order valence-corrected chi connectivity index (χ0v) is 39.0. The standard InChI is InChI=1S/C50H86O14/c1-3-5-7-9-11-13-15-17-19-20-22-24-26-28-30-32-34-59-36-39(62-42(52)33-31-29-27-25-23-21-18-16-14-12-10-8-6-4-2)37-60-49-48(58)46(56)44(54)41(64-49)38-61-50-47(57)45(55)43(53)40(35-51)63-50/h5,7,11,13,16-19,22,24,39-41,43-51,53-58H,3-4,6,8-10,12,14-15,20-21,23,25-38H2,1-2H3/b7-5-,13-11-,18-16-,19-17-,24-22-. The summed E-state index contributed by atoms with van der Waals surface area (Å²) in [5.41, 5.74) is 0. The van der Waals surface area contributed by atoms with Crippen molar-refractivity contribution in [3.05, 3.63) is 60.8 Å².